The molecule has 0 saturated heterocycles. The highest BCUT2D eigenvalue weighted by molar-refractivity contribution is 6.16. The number of fused-ring (bicyclic) bond motifs is 9. The van der Waals surface area contributed by atoms with Crippen LogP contribution in [0.1, 0.15) is 25.0 Å². The molecule has 0 spiro atoms. The Morgan fingerprint density at radius 1 is 0.361 bits per heavy atom. The molecule has 10 aromatic carbocycles. The van der Waals surface area contributed by atoms with Gasteiger partial charge in [-0.2, -0.15) is 0 Å². The molecule has 288 valence electrons. The van der Waals surface area contributed by atoms with Gasteiger partial charge in [-0.3, -0.25) is 0 Å². The lowest BCUT2D eigenvalue weighted by Gasteiger charge is -2.31. The maximum atomic E-state index is 6.19. The summed E-state index contributed by atoms with van der Waals surface area (Å²) in [7, 11) is 0. The van der Waals surface area contributed by atoms with Crippen molar-refractivity contribution in [2.24, 2.45) is 0 Å². The second-order valence-electron chi connectivity index (χ2n) is 16.8. The van der Waals surface area contributed by atoms with E-state index in [1.807, 2.05) is 12.1 Å². The predicted octanol–water partition coefficient (Wildman–Crippen LogP) is 16.7. The molecule has 0 N–H and O–H groups in total. The minimum absolute atomic E-state index is 0.156. The minimum atomic E-state index is -0.156. The molecule has 1 heterocycles. The molecular weight excluding hydrogens is 739 g/mol. The fourth-order valence-corrected chi connectivity index (χ4v) is 10.1. The number of anilines is 3. The summed E-state index contributed by atoms with van der Waals surface area (Å²) in [5.74, 6) is 0. The summed E-state index contributed by atoms with van der Waals surface area (Å²) in [4.78, 5) is 2.49. The fraction of sp³-hybridized carbons (Fsp3) is 0.0508. The quantitative estimate of drug-likeness (QED) is 0.156. The van der Waals surface area contributed by atoms with Gasteiger partial charge in [0.15, 0.2) is 0 Å². The van der Waals surface area contributed by atoms with Crippen LogP contribution in [0.4, 0.5) is 17.1 Å². The number of hydrogen-bond acceptors (Lipinski definition) is 2. The predicted molar refractivity (Wildman–Crippen MR) is 257 cm³/mol. The van der Waals surface area contributed by atoms with E-state index in [-0.39, 0.29) is 5.41 Å². The van der Waals surface area contributed by atoms with Crippen LogP contribution in [0, 0.1) is 0 Å². The molecule has 11 aromatic rings. The summed E-state index contributed by atoms with van der Waals surface area (Å²) in [6.45, 7) is 4.73. The van der Waals surface area contributed by atoms with Gasteiger partial charge < -0.3 is 9.32 Å². The SMILES string of the molecule is CC1(C)c2ccccc2-c2ccc(N(c3ccc(-c4ccc5oc6ccccc6c5c4)cc3)c3cccc(-c4ccccc4)c3-c3cc4ccccc4c4ccccc34)cc21. The monoisotopic (exact) mass is 779 g/mol. The molecule has 0 unspecified atom stereocenters. The normalized spacial score (nSPS) is 12.9. The summed E-state index contributed by atoms with van der Waals surface area (Å²) in [6, 6.07) is 77.7. The van der Waals surface area contributed by atoms with E-state index in [0.29, 0.717) is 0 Å². The van der Waals surface area contributed by atoms with Gasteiger partial charge in [-0.05, 0) is 126 Å². The summed E-state index contributed by atoms with van der Waals surface area (Å²) in [5, 5.41) is 7.23. The molecule has 0 radical (unpaired) electrons. The van der Waals surface area contributed by atoms with Crippen molar-refractivity contribution in [2.75, 3.05) is 4.90 Å². The first kappa shape index (κ1) is 35.3. The molecule has 61 heavy (non-hydrogen) atoms. The summed E-state index contributed by atoms with van der Waals surface area (Å²) in [5.41, 5.74) is 17.4. The zero-order chi connectivity index (χ0) is 40.7. The zero-order valence-electron chi connectivity index (χ0n) is 34.1. The van der Waals surface area contributed by atoms with Gasteiger partial charge in [0.05, 0.1) is 5.69 Å². The highest BCUT2D eigenvalue weighted by Crippen LogP contribution is 2.53. The lowest BCUT2D eigenvalue weighted by molar-refractivity contribution is 0.660. The topological polar surface area (TPSA) is 16.4 Å². The van der Waals surface area contributed by atoms with Gasteiger partial charge in [0.25, 0.3) is 0 Å². The Morgan fingerprint density at radius 2 is 1.00 bits per heavy atom. The van der Waals surface area contributed by atoms with Crippen molar-refractivity contribution in [3.63, 3.8) is 0 Å². The Balaban J connectivity index is 1.11. The van der Waals surface area contributed by atoms with E-state index in [1.54, 1.807) is 0 Å². The van der Waals surface area contributed by atoms with Crippen LogP contribution in [-0.4, -0.2) is 0 Å². The lowest BCUT2D eigenvalue weighted by Crippen LogP contribution is -2.17. The van der Waals surface area contributed by atoms with Crippen LogP contribution in [0.15, 0.2) is 217 Å². The number of hydrogen-bond donors (Lipinski definition) is 0. The van der Waals surface area contributed by atoms with Crippen molar-refractivity contribution in [2.45, 2.75) is 19.3 Å². The summed E-state index contributed by atoms with van der Waals surface area (Å²) < 4.78 is 6.19. The molecule has 0 aliphatic heterocycles. The van der Waals surface area contributed by atoms with E-state index in [1.165, 1.54) is 66.1 Å². The Labute approximate surface area is 355 Å². The van der Waals surface area contributed by atoms with Crippen LogP contribution in [0.25, 0.3) is 88.0 Å². The highest BCUT2D eigenvalue weighted by atomic mass is 16.3. The molecule has 1 aliphatic rings. The largest absolute Gasteiger partial charge is 0.456 e. The van der Waals surface area contributed by atoms with Crippen LogP contribution in [0.3, 0.4) is 0 Å². The molecule has 0 fully saturated rings. The van der Waals surface area contributed by atoms with E-state index in [4.69, 9.17) is 4.42 Å². The van der Waals surface area contributed by atoms with Gasteiger partial charge in [-0.25, -0.2) is 0 Å². The summed E-state index contributed by atoms with van der Waals surface area (Å²) in [6.07, 6.45) is 0. The van der Waals surface area contributed by atoms with Gasteiger partial charge in [0.1, 0.15) is 11.2 Å². The Bertz CT molecular complexity index is 3500. The second-order valence-corrected chi connectivity index (χ2v) is 16.8. The van der Waals surface area contributed by atoms with Gasteiger partial charge in [0.2, 0.25) is 0 Å². The van der Waals surface area contributed by atoms with Crippen molar-refractivity contribution in [1.82, 2.24) is 0 Å². The molecule has 1 aliphatic carbocycles. The number of para-hydroxylation sites is 1. The molecule has 2 heteroatoms. The Hall–Kier alpha value is -7.68. The molecule has 0 amide bonds. The molecule has 0 bridgehead atoms. The zero-order valence-corrected chi connectivity index (χ0v) is 34.1. The lowest BCUT2D eigenvalue weighted by atomic mass is 9.82. The van der Waals surface area contributed by atoms with Crippen molar-refractivity contribution in [1.29, 1.82) is 0 Å². The number of benzene rings is 10. The Morgan fingerprint density at radius 3 is 1.85 bits per heavy atom. The van der Waals surface area contributed by atoms with Gasteiger partial charge >= 0.3 is 0 Å². The van der Waals surface area contributed by atoms with E-state index in [0.717, 1.165) is 50.1 Å². The molecule has 0 atom stereocenters. The third-order valence-electron chi connectivity index (χ3n) is 13.1. The Kier molecular flexibility index (Phi) is 7.92. The van der Waals surface area contributed by atoms with Crippen molar-refractivity contribution < 1.29 is 4.42 Å². The number of rotatable bonds is 6. The smallest absolute Gasteiger partial charge is 0.135 e. The first-order valence-corrected chi connectivity index (χ1v) is 21.2. The average molecular weight is 780 g/mol. The summed E-state index contributed by atoms with van der Waals surface area (Å²) >= 11 is 0. The standard InChI is InChI=1S/C59H41NO/c1-59(2)53-24-12-10-21-48(53)49-33-32-43(37-54(49)59)60(42-30-27-38(28-31-42)40-29-34-57-51(35-40)50-22-11-13-26-56(50)61-57)55-25-14-23-45(39-15-4-3-5-16-39)58(55)52-36-41-17-6-7-18-44(41)46-19-8-9-20-47(46)52/h3-37H,1-2H3. The van der Waals surface area contributed by atoms with Crippen LogP contribution in [0.5, 0.6) is 0 Å². The maximum Gasteiger partial charge on any atom is 0.135 e. The number of nitrogens with zero attached hydrogens (tertiary/aromatic N) is 1. The van der Waals surface area contributed by atoms with E-state index in [9.17, 15) is 0 Å². The van der Waals surface area contributed by atoms with E-state index >= 15 is 0 Å². The third kappa shape index (κ3) is 5.56. The average Bonchev–Trinajstić information content (AvgIpc) is 3.80. The molecule has 2 nitrogen and oxygen atoms in total. The molecular formula is C59H41NO. The van der Waals surface area contributed by atoms with Gasteiger partial charge in [-0.15, -0.1) is 0 Å². The van der Waals surface area contributed by atoms with Crippen LogP contribution < -0.4 is 4.90 Å². The number of furan rings is 1. The van der Waals surface area contributed by atoms with Crippen LogP contribution >= 0.6 is 0 Å². The van der Waals surface area contributed by atoms with Crippen molar-refractivity contribution in [3.8, 4) is 44.5 Å². The first-order valence-electron chi connectivity index (χ1n) is 21.2. The maximum absolute atomic E-state index is 6.19. The van der Waals surface area contributed by atoms with Gasteiger partial charge in [0, 0.05) is 33.1 Å². The molecule has 1 aromatic heterocycles. The highest BCUT2D eigenvalue weighted by Gasteiger charge is 2.36. The van der Waals surface area contributed by atoms with Crippen molar-refractivity contribution >= 4 is 60.5 Å². The molecule has 0 saturated carbocycles. The first-order chi connectivity index (χ1) is 30.0. The van der Waals surface area contributed by atoms with Crippen LogP contribution in [-0.2, 0) is 5.41 Å². The fourth-order valence-electron chi connectivity index (χ4n) is 10.1. The van der Waals surface area contributed by atoms with Crippen LogP contribution in [0.2, 0.25) is 0 Å². The van der Waals surface area contributed by atoms with Crippen molar-refractivity contribution in [3.05, 3.63) is 223 Å². The van der Waals surface area contributed by atoms with E-state index < -0.39 is 0 Å². The minimum Gasteiger partial charge on any atom is -0.456 e. The second kappa shape index (κ2) is 13.7. The third-order valence-corrected chi connectivity index (χ3v) is 13.1. The molecule has 12 rings (SSSR count). The van der Waals surface area contributed by atoms with Gasteiger partial charge in [-0.1, -0.05) is 172 Å². The van der Waals surface area contributed by atoms with E-state index in [2.05, 4.69) is 219 Å².